The number of nitrogens with zero attached hydrogens (tertiary/aromatic N) is 7. The molecule has 0 aliphatic heterocycles. The van der Waals surface area contributed by atoms with Gasteiger partial charge in [0.2, 0.25) is 5.82 Å². The van der Waals surface area contributed by atoms with Gasteiger partial charge in [-0.2, -0.15) is 18.3 Å². The third-order valence-electron chi connectivity index (χ3n) is 5.23. The summed E-state index contributed by atoms with van der Waals surface area (Å²) < 4.78 is 49.1. The number of halogens is 3. The first-order valence-electron chi connectivity index (χ1n) is 10.1. The van der Waals surface area contributed by atoms with E-state index in [0.717, 1.165) is 23.2 Å². The topological polar surface area (TPSA) is 83.0 Å². The van der Waals surface area contributed by atoms with E-state index in [2.05, 4.69) is 25.1 Å². The van der Waals surface area contributed by atoms with E-state index >= 15 is 0 Å². The average molecular weight is 481 g/mol. The molecule has 5 heterocycles. The minimum absolute atomic E-state index is 0.214. The quantitative estimate of drug-likeness (QED) is 0.348. The molecule has 6 aromatic rings. The second-order valence-corrected chi connectivity index (χ2v) is 8.56. The van der Waals surface area contributed by atoms with Gasteiger partial charge in [-0.05, 0) is 36.8 Å². The number of fused-ring (bicyclic) bond motifs is 5. The van der Waals surface area contributed by atoms with Crippen molar-refractivity contribution in [3.05, 3.63) is 66.2 Å². The number of benzene rings is 1. The number of para-hydroxylation sites is 1. The summed E-state index contributed by atoms with van der Waals surface area (Å²) in [6.45, 7) is 1.84. The molecule has 0 amide bonds. The van der Waals surface area contributed by atoms with E-state index in [1.165, 1.54) is 10.8 Å². The van der Waals surface area contributed by atoms with Crippen LogP contribution in [-0.4, -0.2) is 34.3 Å². The van der Waals surface area contributed by atoms with Crippen LogP contribution in [0.4, 0.5) is 13.2 Å². The maximum atomic E-state index is 13.2. The highest BCUT2D eigenvalue weighted by molar-refractivity contribution is 7.26. The first-order chi connectivity index (χ1) is 16.4. The zero-order valence-corrected chi connectivity index (χ0v) is 18.3. The van der Waals surface area contributed by atoms with E-state index < -0.39 is 11.9 Å². The molecule has 0 spiro atoms. The van der Waals surface area contributed by atoms with Gasteiger partial charge in [-0.15, -0.1) is 16.4 Å². The summed E-state index contributed by atoms with van der Waals surface area (Å²) in [5, 5.41) is 9.50. The fourth-order valence-corrected chi connectivity index (χ4v) is 4.85. The Labute approximate surface area is 193 Å². The number of rotatable bonds is 4. The van der Waals surface area contributed by atoms with Crippen LogP contribution in [0.15, 0.2) is 55.0 Å². The Morgan fingerprint density at radius 2 is 1.88 bits per heavy atom. The van der Waals surface area contributed by atoms with E-state index in [0.29, 0.717) is 38.3 Å². The fraction of sp³-hybridized carbons (Fsp3) is 0.136. The van der Waals surface area contributed by atoms with E-state index in [4.69, 9.17) is 4.74 Å². The van der Waals surface area contributed by atoms with Gasteiger partial charge in [-0.25, -0.2) is 24.1 Å². The third kappa shape index (κ3) is 3.43. The van der Waals surface area contributed by atoms with Crippen molar-refractivity contribution in [1.82, 2.24) is 34.3 Å². The van der Waals surface area contributed by atoms with Gasteiger partial charge in [0.25, 0.3) is 0 Å². The molecule has 0 radical (unpaired) electrons. The Morgan fingerprint density at radius 1 is 1.06 bits per heavy atom. The first kappa shape index (κ1) is 20.5. The van der Waals surface area contributed by atoms with Crippen LogP contribution in [0.25, 0.3) is 37.6 Å². The number of alkyl halides is 3. The van der Waals surface area contributed by atoms with Crippen molar-refractivity contribution >= 4 is 37.4 Å². The van der Waals surface area contributed by atoms with Crippen molar-refractivity contribution in [3.63, 3.8) is 0 Å². The number of thiophene rings is 1. The van der Waals surface area contributed by atoms with Gasteiger partial charge < -0.3 is 4.74 Å². The zero-order chi connectivity index (χ0) is 23.4. The van der Waals surface area contributed by atoms with Crippen LogP contribution in [0.2, 0.25) is 0 Å². The highest BCUT2D eigenvalue weighted by Gasteiger charge is 2.33. The lowest BCUT2D eigenvalue weighted by Gasteiger charge is -2.06. The lowest BCUT2D eigenvalue weighted by molar-refractivity contribution is -0.141. The molecule has 0 atom stereocenters. The summed E-state index contributed by atoms with van der Waals surface area (Å²) in [5.41, 5.74) is 1.09. The monoisotopic (exact) mass is 481 g/mol. The molecule has 1 aromatic carbocycles. The second-order valence-electron chi connectivity index (χ2n) is 7.56. The van der Waals surface area contributed by atoms with Gasteiger partial charge in [-0.3, -0.25) is 0 Å². The van der Waals surface area contributed by atoms with Crippen LogP contribution in [0.1, 0.15) is 11.3 Å². The lowest BCUT2D eigenvalue weighted by Crippen LogP contribution is -2.07. The lowest BCUT2D eigenvalue weighted by atomic mass is 10.1. The van der Waals surface area contributed by atoms with E-state index in [1.54, 1.807) is 23.9 Å². The van der Waals surface area contributed by atoms with Crippen LogP contribution in [0, 0.1) is 6.92 Å². The highest BCUT2D eigenvalue weighted by Crippen LogP contribution is 2.38. The predicted molar refractivity (Wildman–Crippen MR) is 119 cm³/mol. The largest absolute Gasteiger partial charge is 0.471 e. The smallest absolute Gasteiger partial charge is 0.433 e. The summed E-state index contributed by atoms with van der Waals surface area (Å²) in [7, 11) is 0. The van der Waals surface area contributed by atoms with E-state index in [9.17, 15) is 13.2 Å². The highest BCUT2D eigenvalue weighted by atomic mass is 32.1. The fourth-order valence-electron chi connectivity index (χ4n) is 3.67. The van der Waals surface area contributed by atoms with Crippen LogP contribution in [0.5, 0.6) is 5.75 Å². The number of aromatic nitrogens is 7. The first-order valence-corrected chi connectivity index (χ1v) is 10.9. The summed E-state index contributed by atoms with van der Waals surface area (Å²) >= 11 is 1.11. The minimum Gasteiger partial charge on any atom is -0.471 e. The molecule has 0 saturated heterocycles. The minimum atomic E-state index is -4.52. The molecule has 0 unspecified atom stereocenters. The van der Waals surface area contributed by atoms with Crippen molar-refractivity contribution in [3.8, 4) is 17.3 Å². The standard InChI is InChI=1S/C22H14F3N7OS/c1-12-9-15(22(23,24)25)27-21-16(12)17-18(34-21)20-28-19(30-32(20)10-26-17)14-7-8-31(29-14)11-33-13-5-3-2-4-6-13/h2-10H,11H2,1H3. The van der Waals surface area contributed by atoms with Crippen molar-refractivity contribution in [2.45, 2.75) is 19.8 Å². The van der Waals surface area contributed by atoms with Gasteiger partial charge in [0.15, 0.2) is 12.4 Å². The summed E-state index contributed by atoms with van der Waals surface area (Å²) in [4.78, 5) is 13.1. The molecule has 8 nitrogen and oxygen atoms in total. The summed E-state index contributed by atoms with van der Waals surface area (Å²) in [5.74, 6) is 1.09. The SMILES string of the molecule is Cc1cc(C(F)(F)F)nc2sc3c(ncn4nc(-c5ccn(COc6ccccc6)n5)nc34)c12. The molecule has 0 bridgehead atoms. The molecule has 170 valence electrons. The Morgan fingerprint density at radius 3 is 2.68 bits per heavy atom. The number of aryl methyl sites for hydroxylation is 1. The third-order valence-corrected chi connectivity index (χ3v) is 6.30. The molecule has 12 heteroatoms. The normalized spacial score (nSPS) is 12.2. The predicted octanol–water partition coefficient (Wildman–Crippen LogP) is 5.11. The molecule has 6 rings (SSSR count). The van der Waals surface area contributed by atoms with Gasteiger partial charge in [0.05, 0.1) is 5.52 Å². The molecule has 0 aliphatic carbocycles. The summed E-state index contributed by atoms with van der Waals surface area (Å²) in [6, 6.07) is 12.2. The Bertz CT molecular complexity index is 1670. The second kappa shape index (κ2) is 7.48. The van der Waals surface area contributed by atoms with Crippen LogP contribution >= 0.6 is 11.3 Å². The number of ether oxygens (including phenoxy) is 1. The van der Waals surface area contributed by atoms with E-state index in [-0.39, 0.29) is 11.6 Å². The van der Waals surface area contributed by atoms with Crippen LogP contribution < -0.4 is 4.74 Å². The summed E-state index contributed by atoms with van der Waals surface area (Å²) in [6.07, 6.45) is -1.28. The molecular weight excluding hydrogens is 467 g/mol. The number of pyridine rings is 1. The van der Waals surface area contributed by atoms with Gasteiger partial charge >= 0.3 is 6.18 Å². The van der Waals surface area contributed by atoms with Gasteiger partial charge in [0, 0.05) is 11.6 Å². The molecule has 0 N–H and O–H groups in total. The number of hydrogen-bond donors (Lipinski definition) is 0. The molecular formula is C22H14F3N7OS. The molecule has 0 saturated carbocycles. The van der Waals surface area contributed by atoms with Crippen molar-refractivity contribution in [2.75, 3.05) is 0 Å². The van der Waals surface area contributed by atoms with E-state index in [1.807, 2.05) is 30.3 Å². The molecule has 5 aromatic heterocycles. The van der Waals surface area contributed by atoms with Crippen LogP contribution in [-0.2, 0) is 12.9 Å². The molecule has 0 fully saturated rings. The Balaban J connectivity index is 1.38. The maximum absolute atomic E-state index is 13.2. The molecule has 34 heavy (non-hydrogen) atoms. The van der Waals surface area contributed by atoms with Crippen molar-refractivity contribution in [1.29, 1.82) is 0 Å². The zero-order valence-electron chi connectivity index (χ0n) is 17.5. The Kier molecular flexibility index (Phi) is 4.52. The Hall–Kier alpha value is -4.06. The number of hydrogen-bond acceptors (Lipinski definition) is 7. The van der Waals surface area contributed by atoms with Crippen molar-refractivity contribution < 1.29 is 17.9 Å². The maximum Gasteiger partial charge on any atom is 0.433 e. The molecule has 0 aliphatic rings. The average Bonchev–Trinajstić information content (AvgIpc) is 3.53. The van der Waals surface area contributed by atoms with Crippen molar-refractivity contribution in [2.24, 2.45) is 0 Å². The van der Waals surface area contributed by atoms with Crippen LogP contribution in [0.3, 0.4) is 0 Å². The van der Waals surface area contributed by atoms with Gasteiger partial charge in [-0.1, -0.05) is 18.2 Å². The van der Waals surface area contributed by atoms with Gasteiger partial charge in [0.1, 0.15) is 33.0 Å².